The summed E-state index contributed by atoms with van der Waals surface area (Å²) in [5.41, 5.74) is 1.66. The first-order valence-corrected chi connectivity index (χ1v) is 9.71. The molecule has 3 aromatic rings. The molecule has 1 saturated heterocycles. The van der Waals surface area contributed by atoms with Crippen molar-refractivity contribution in [3.63, 3.8) is 0 Å². The summed E-state index contributed by atoms with van der Waals surface area (Å²) in [5, 5.41) is 2.68. The van der Waals surface area contributed by atoms with E-state index in [9.17, 15) is 14.4 Å². The molecule has 0 unspecified atom stereocenters. The molecule has 6 nitrogen and oxygen atoms in total. The van der Waals surface area contributed by atoms with E-state index in [1.807, 2.05) is 41.1 Å². The van der Waals surface area contributed by atoms with Crippen molar-refractivity contribution in [1.29, 1.82) is 0 Å². The third kappa shape index (κ3) is 3.74. The van der Waals surface area contributed by atoms with Crippen molar-refractivity contribution in [1.82, 2.24) is 9.88 Å². The first-order chi connectivity index (χ1) is 13.9. The molecule has 2 aromatic carbocycles. The SMILES string of the molecule is O=C1NC(=O)N(c2ccc(Cl)cc2)C(=O)C1=Cc1cccn1-c1ccc(Br)cc1. The van der Waals surface area contributed by atoms with Crippen LogP contribution in [0, 0.1) is 0 Å². The number of anilines is 1. The predicted octanol–water partition coefficient (Wildman–Crippen LogP) is 4.56. The van der Waals surface area contributed by atoms with Crippen molar-refractivity contribution in [2.24, 2.45) is 0 Å². The van der Waals surface area contributed by atoms with Gasteiger partial charge in [0.25, 0.3) is 11.8 Å². The number of hydrogen-bond donors (Lipinski definition) is 1. The van der Waals surface area contributed by atoms with Gasteiger partial charge in [-0.1, -0.05) is 27.5 Å². The summed E-state index contributed by atoms with van der Waals surface area (Å²) in [6, 6.07) is 16.6. The summed E-state index contributed by atoms with van der Waals surface area (Å²) in [7, 11) is 0. The van der Waals surface area contributed by atoms with Crippen LogP contribution in [0.1, 0.15) is 5.69 Å². The summed E-state index contributed by atoms with van der Waals surface area (Å²) in [6.07, 6.45) is 3.29. The highest BCUT2D eigenvalue weighted by Crippen LogP contribution is 2.24. The monoisotopic (exact) mass is 469 g/mol. The highest BCUT2D eigenvalue weighted by atomic mass is 79.9. The second kappa shape index (κ2) is 7.69. The Morgan fingerprint density at radius 2 is 1.55 bits per heavy atom. The van der Waals surface area contributed by atoms with Gasteiger partial charge in [0.15, 0.2) is 0 Å². The first kappa shape index (κ1) is 19.2. The van der Waals surface area contributed by atoms with E-state index in [1.54, 1.807) is 18.2 Å². The lowest BCUT2D eigenvalue weighted by Gasteiger charge is -2.26. The van der Waals surface area contributed by atoms with Gasteiger partial charge < -0.3 is 4.57 Å². The van der Waals surface area contributed by atoms with E-state index in [1.165, 1.54) is 18.2 Å². The molecule has 1 N–H and O–H groups in total. The molecule has 1 aromatic heterocycles. The Morgan fingerprint density at radius 1 is 0.897 bits per heavy atom. The quantitative estimate of drug-likeness (QED) is 0.451. The molecule has 0 aliphatic carbocycles. The number of nitrogens with zero attached hydrogens (tertiary/aromatic N) is 2. The van der Waals surface area contributed by atoms with Crippen LogP contribution in [0.25, 0.3) is 11.8 Å². The molecular weight excluding hydrogens is 458 g/mol. The standard InChI is InChI=1S/C21H13BrClN3O3/c22-13-3-7-15(8-4-13)25-11-1-2-17(25)12-18-19(27)24-21(29)26(20(18)28)16-9-5-14(23)6-10-16/h1-12H,(H,24,27,29). The van der Waals surface area contributed by atoms with E-state index in [0.29, 0.717) is 16.4 Å². The van der Waals surface area contributed by atoms with Gasteiger partial charge in [-0.25, -0.2) is 9.69 Å². The van der Waals surface area contributed by atoms with E-state index in [2.05, 4.69) is 21.2 Å². The number of benzene rings is 2. The maximum atomic E-state index is 13.0. The number of carbonyl (C=O) groups excluding carboxylic acids is 3. The molecule has 0 spiro atoms. The highest BCUT2D eigenvalue weighted by Gasteiger charge is 2.36. The van der Waals surface area contributed by atoms with Gasteiger partial charge in [0.1, 0.15) is 5.57 Å². The van der Waals surface area contributed by atoms with Crippen LogP contribution in [-0.2, 0) is 9.59 Å². The van der Waals surface area contributed by atoms with Crippen molar-refractivity contribution in [2.45, 2.75) is 0 Å². The van der Waals surface area contributed by atoms with Crippen LogP contribution in [0.3, 0.4) is 0 Å². The maximum Gasteiger partial charge on any atom is 0.335 e. The van der Waals surface area contributed by atoms with Crippen LogP contribution in [0.2, 0.25) is 5.02 Å². The van der Waals surface area contributed by atoms with Gasteiger partial charge in [-0.05, 0) is 66.7 Å². The molecule has 2 heterocycles. The molecule has 0 atom stereocenters. The molecule has 4 amide bonds. The number of nitrogens with one attached hydrogen (secondary N) is 1. The van der Waals surface area contributed by atoms with E-state index in [0.717, 1.165) is 15.1 Å². The number of halogens is 2. The zero-order valence-electron chi connectivity index (χ0n) is 14.8. The van der Waals surface area contributed by atoms with Crippen molar-refractivity contribution in [2.75, 3.05) is 4.90 Å². The summed E-state index contributed by atoms with van der Waals surface area (Å²) in [4.78, 5) is 38.5. The molecule has 29 heavy (non-hydrogen) atoms. The van der Waals surface area contributed by atoms with E-state index < -0.39 is 17.8 Å². The number of carbonyl (C=O) groups is 3. The van der Waals surface area contributed by atoms with Crippen molar-refractivity contribution >= 4 is 57.1 Å². The number of aromatic nitrogens is 1. The fraction of sp³-hybridized carbons (Fsp3) is 0. The van der Waals surface area contributed by atoms with Gasteiger partial charge >= 0.3 is 6.03 Å². The molecule has 0 radical (unpaired) electrons. The summed E-state index contributed by atoms with van der Waals surface area (Å²) < 4.78 is 2.77. The second-order valence-corrected chi connectivity index (χ2v) is 7.57. The molecule has 0 saturated carbocycles. The van der Waals surface area contributed by atoms with Crippen molar-refractivity contribution < 1.29 is 14.4 Å². The minimum absolute atomic E-state index is 0.142. The van der Waals surface area contributed by atoms with Crippen LogP contribution in [0.15, 0.2) is 76.9 Å². The second-order valence-electron chi connectivity index (χ2n) is 6.21. The minimum atomic E-state index is -0.803. The molecule has 1 aliphatic heterocycles. The highest BCUT2D eigenvalue weighted by molar-refractivity contribution is 9.10. The summed E-state index contributed by atoms with van der Waals surface area (Å²) in [5.74, 6) is -1.45. The molecule has 1 aliphatic rings. The first-order valence-electron chi connectivity index (χ1n) is 8.54. The van der Waals surface area contributed by atoms with E-state index >= 15 is 0 Å². The van der Waals surface area contributed by atoms with Crippen LogP contribution < -0.4 is 10.2 Å². The Balaban J connectivity index is 1.73. The Hall–Kier alpha value is -3.16. The topological polar surface area (TPSA) is 71.4 Å². The van der Waals surface area contributed by atoms with E-state index in [-0.39, 0.29) is 5.57 Å². The molecule has 8 heteroatoms. The van der Waals surface area contributed by atoms with Crippen LogP contribution in [-0.4, -0.2) is 22.4 Å². The molecule has 0 bridgehead atoms. The summed E-state index contributed by atoms with van der Waals surface area (Å²) >= 11 is 9.28. The Labute approximate surface area is 179 Å². The zero-order valence-corrected chi connectivity index (χ0v) is 17.1. The molecule has 1 fully saturated rings. The molecule has 4 rings (SSSR count). The Morgan fingerprint density at radius 3 is 2.24 bits per heavy atom. The molecule has 144 valence electrons. The van der Waals surface area contributed by atoms with Crippen molar-refractivity contribution in [3.8, 4) is 5.69 Å². The van der Waals surface area contributed by atoms with Crippen molar-refractivity contribution in [3.05, 3.63) is 87.6 Å². The van der Waals surface area contributed by atoms with Gasteiger partial charge in [0.05, 0.1) is 5.69 Å². The van der Waals surface area contributed by atoms with E-state index in [4.69, 9.17) is 11.6 Å². The Bertz CT molecular complexity index is 1150. The fourth-order valence-corrected chi connectivity index (χ4v) is 3.37. The Kier molecular flexibility index (Phi) is 5.08. The fourth-order valence-electron chi connectivity index (χ4n) is 2.98. The minimum Gasteiger partial charge on any atom is -0.317 e. The van der Waals surface area contributed by atoms with Crippen LogP contribution in [0.5, 0.6) is 0 Å². The average Bonchev–Trinajstić information content (AvgIpc) is 3.15. The van der Waals surface area contributed by atoms with Gasteiger partial charge in [-0.15, -0.1) is 0 Å². The van der Waals surface area contributed by atoms with Gasteiger partial charge in [-0.3, -0.25) is 14.9 Å². The lowest BCUT2D eigenvalue weighted by Crippen LogP contribution is -2.54. The lowest BCUT2D eigenvalue weighted by molar-refractivity contribution is -0.122. The molecular formula is C21H13BrClN3O3. The number of urea groups is 1. The van der Waals surface area contributed by atoms with Gasteiger partial charge in [0.2, 0.25) is 0 Å². The largest absolute Gasteiger partial charge is 0.335 e. The summed E-state index contributed by atoms with van der Waals surface area (Å²) in [6.45, 7) is 0. The van der Waals surface area contributed by atoms with Crippen LogP contribution >= 0.6 is 27.5 Å². The maximum absolute atomic E-state index is 13.0. The van der Waals surface area contributed by atoms with Crippen LogP contribution in [0.4, 0.5) is 10.5 Å². The number of rotatable bonds is 3. The third-order valence-electron chi connectivity index (χ3n) is 4.36. The number of hydrogen-bond acceptors (Lipinski definition) is 3. The lowest BCUT2D eigenvalue weighted by atomic mass is 10.1. The normalized spacial score (nSPS) is 15.7. The van der Waals surface area contributed by atoms with Gasteiger partial charge in [-0.2, -0.15) is 0 Å². The number of barbiturate groups is 1. The third-order valence-corrected chi connectivity index (χ3v) is 5.14. The predicted molar refractivity (Wildman–Crippen MR) is 114 cm³/mol. The zero-order chi connectivity index (χ0) is 20.5. The average molecular weight is 471 g/mol. The number of amides is 4. The smallest absolute Gasteiger partial charge is 0.317 e. The number of imide groups is 2. The van der Waals surface area contributed by atoms with Gasteiger partial charge in [0, 0.05) is 27.1 Å².